The highest BCUT2D eigenvalue weighted by Gasteiger charge is 2.14. The van der Waals surface area contributed by atoms with Gasteiger partial charge in [-0.3, -0.25) is 0 Å². The molecule has 0 heterocycles. The Kier molecular flexibility index (Phi) is 4.00. The van der Waals surface area contributed by atoms with Gasteiger partial charge in [-0.15, -0.1) is 6.58 Å². The number of hydrogen-bond donors (Lipinski definition) is 2. The maximum absolute atomic E-state index is 9.13. The van der Waals surface area contributed by atoms with Gasteiger partial charge >= 0.3 is 0 Å². The summed E-state index contributed by atoms with van der Waals surface area (Å²) in [5, 5.41) is 18.2. The zero-order valence-corrected chi connectivity index (χ0v) is 6.25. The fourth-order valence-electron chi connectivity index (χ4n) is 0.628. The molecule has 2 N–H and O–H groups in total. The van der Waals surface area contributed by atoms with E-state index < -0.39 is 12.2 Å². The number of hydrogen-bond acceptors (Lipinski definition) is 2. The molecule has 58 valence electrons. The molecule has 0 aromatic heterocycles. The van der Waals surface area contributed by atoms with E-state index in [1.165, 1.54) is 0 Å². The Labute approximate surface area is 61.5 Å². The molecule has 0 saturated heterocycles. The van der Waals surface area contributed by atoms with Crippen LogP contribution in [0, 0.1) is 0 Å². The van der Waals surface area contributed by atoms with Gasteiger partial charge in [-0.25, -0.2) is 0 Å². The van der Waals surface area contributed by atoms with Crippen molar-refractivity contribution in [3.05, 3.63) is 24.8 Å². The number of rotatable bonds is 4. The van der Waals surface area contributed by atoms with Gasteiger partial charge in [-0.05, 0) is 18.9 Å². The average Bonchev–Trinajstić information content (AvgIpc) is 1.87. The Bertz CT molecular complexity index is 129. The molecule has 0 aliphatic carbocycles. The second-order valence-electron chi connectivity index (χ2n) is 2.38. The summed E-state index contributed by atoms with van der Waals surface area (Å²) in [6.07, 6.45) is 0.387. The van der Waals surface area contributed by atoms with Gasteiger partial charge in [-0.1, -0.05) is 12.7 Å². The van der Waals surface area contributed by atoms with Gasteiger partial charge in [0.25, 0.3) is 0 Å². The fourth-order valence-corrected chi connectivity index (χ4v) is 0.628. The molecule has 2 nitrogen and oxygen atoms in total. The Hall–Kier alpha value is -0.600. The fraction of sp³-hybridized carbons (Fsp3) is 0.500. The first-order valence-electron chi connectivity index (χ1n) is 3.22. The third-order valence-corrected chi connectivity index (χ3v) is 1.28. The standard InChI is InChI=1S/C8H14O2/c1-4-5-7(9)8(10)6(2)3/h4,7-10H,1-2,5H2,3H3. The summed E-state index contributed by atoms with van der Waals surface area (Å²) >= 11 is 0. The highest BCUT2D eigenvalue weighted by atomic mass is 16.3. The summed E-state index contributed by atoms with van der Waals surface area (Å²) in [5.74, 6) is 0. The van der Waals surface area contributed by atoms with Crippen LogP contribution in [0.5, 0.6) is 0 Å². The second-order valence-corrected chi connectivity index (χ2v) is 2.38. The third-order valence-electron chi connectivity index (χ3n) is 1.28. The predicted octanol–water partition coefficient (Wildman–Crippen LogP) is 0.860. The second kappa shape index (κ2) is 4.25. The number of aliphatic hydroxyl groups excluding tert-OH is 2. The zero-order chi connectivity index (χ0) is 8.15. The topological polar surface area (TPSA) is 40.5 Å². The SMILES string of the molecule is C=CCC(O)C(O)C(=C)C. The van der Waals surface area contributed by atoms with Crippen molar-refractivity contribution in [3.63, 3.8) is 0 Å². The van der Waals surface area contributed by atoms with Crippen molar-refractivity contribution in [1.29, 1.82) is 0 Å². The molecular weight excluding hydrogens is 128 g/mol. The van der Waals surface area contributed by atoms with Crippen LogP contribution < -0.4 is 0 Å². The maximum Gasteiger partial charge on any atom is 0.101 e. The summed E-state index contributed by atoms with van der Waals surface area (Å²) in [7, 11) is 0. The lowest BCUT2D eigenvalue weighted by molar-refractivity contribution is 0.0445. The van der Waals surface area contributed by atoms with Crippen molar-refractivity contribution < 1.29 is 10.2 Å². The van der Waals surface area contributed by atoms with Crippen LogP contribution in [-0.4, -0.2) is 22.4 Å². The predicted molar refractivity (Wildman–Crippen MR) is 41.6 cm³/mol. The lowest BCUT2D eigenvalue weighted by Crippen LogP contribution is -2.25. The molecule has 0 radical (unpaired) electrons. The normalized spacial score (nSPS) is 15.9. The van der Waals surface area contributed by atoms with E-state index in [1.54, 1.807) is 13.0 Å². The van der Waals surface area contributed by atoms with Crippen molar-refractivity contribution in [2.75, 3.05) is 0 Å². The van der Waals surface area contributed by atoms with Gasteiger partial charge < -0.3 is 10.2 Å². The first-order valence-corrected chi connectivity index (χ1v) is 3.22. The van der Waals surface area contributed by atoms with E-state index in [0.29, 0.717) is 12.0 Å². The Morgan fingerprint density at radius 1 is 1.60 bits per heavy atom. The van der Waals surface area contributed by atoms with Crippen LogP contribution >= 0.6 is 0 Å². The van der Waals surface area contributed by atoms with Crippen LogP contribution in [0.3, 0.4) is 0 Å². The third kappa shape index (κ3) is 2.80. The molecule has 2 atom stereocenters. The molecule has 0 bridgehead atoms. The van der Waals surface area contributed by atoms with Gasteiger partial charge in [0.2, 0.25) is 0 Å². The van der Waals surface area contributed by atoms with Crippen LogP contribution in [0.25, 0.3) is 0 Å². The number of aliphatic hydroxyl groups is 2. The van der Waals surface area contributed by atoms with Crippen molar-refractivity contribution in [2.45, 2.75) is 25.6 Å². The molecule has 10 heavy (non-hydrogen) atoms. The average molecular weight is 142 g/mol. The molecular formula is C8H14O2. The minimum atomic E-state index is -0.821. The van der Waals surface area contributed by atoms with E-state index in [2.05, 4.69) is 13.2 Å². The first-order chi connectivity index (χ1) is 4.59. The van der Waals surface area contributed by atoms with E-state index in [4.69, 9.17) is 10.2 Å². The maximum atomic E-state index is 9.13. The zero-order valence-electron chi connectivity index (χ0n) is 6.25. The summed E-state index contributed by atoms with van der Waals surface area (Å²) in [6.45, 7) is 8.63. The molecule has 0 aromatic rings. The van der Waals surface area contributed by atoms with Gasteiger partial charge in [-0.2, -0.15) is 0 Å². The van der Waals surface area contributed by atoms with E-state index in [1.807, 2.05) is 0 Å². The molecule has 0 aliphatic rings. The van der Waals surface area contributed by atoms with Gasteiger partial charge in [0.1, 0.15) is 6.10 Å². The van der Waals surface area contributed by atoms with E-state index in [0.717, 1.165) is 0 Å². The molecule has 0 amide bonds. The van der Waals surface area contributed by atoms with Crippen molar-refractivity contribution in [3.8, 4) is 0 Å². The van der Waals surface area contributed by atoms with Crippen molar-refractivity contribution >= 4 is 0 Å². The molecule has 0 saturated carbocycles. The van der Waals surface area contributed by atoms with Gasteiger partial charge in [0.15, 0.2) is 0 Å². The van der Waals surface area contributed by atoms with Crippen LogP contribution in [0.4, 0.5) is 0 Å². The Morgan fingerprint density at radius 3 is 2.40 bits per heavy atom. The monoisotopic (exact) mass is 142 g/mol. The first kappa shape index (κ1) is 9.40. The molecule has 0 fully saturated rings. The minimum Gasteiger partial charge on any atom is -0.390 e. The lowest BCUT2D eigenvalue weighted by atomic mass is 10.1. The molecule has 0 spiro atoms. The quantitative estimate of drug-likeness (QED) is 0.571. The molecule has 2 heteroatoms. The van der Waals surface area contributed by atoms with Crippen LogP contribution in [0.1, 0.15) is 13.3 Å². The van der Waals surface area contributed by atoms with Crippen LogP contribution in [0.15, 0.2) is 24.8 Å². The van der Waals surface area contributed by atoms with Gasteiger partial charge in [0, 0.05) is 0 Å². The van der Waals surface area contributed by atoms with E-state index in [-0.39, 0.29) is 0 Å². The summed E-state index contributed by atoms with van der Waals surface area (Å²) in [5.41, 5.74) is 0.578. The molecule has 0 rings (SSSR count). The van der Waals surface area contributed by atoms with Crippen molar-refractivity contribution in [2.24, 2.45) is 0 Å². The molecule has 0 aliphatic heterocycles. The minimum absolute atomic E-state index is 0.397. The summed E-state index contributed by atoms with van der Waals surface area (Å²) < 4.78 is 0. The molecule has 2 unspecified atom stereocenters. The lowest BCUT2D eigenvalue weighted by Gasteiger charge is -2.15. The highest BCUT2D eigenvalue weighted by Crippen LogP contribution is 2.06. The largest absolute Gasteiger partial charge is 0.390 e. The van der Waals surface area contributed by atoms with E-state index in [9.17, 15) is 0 Å². The Morgan fingerprint density at radius 2 is 2.10 bits per heavy atom. The highest BCUT2D eigenvalue weighted by molar-refractivity contribution is 5.01. The summed E-state index contributed by atoms with van der Waals surface area (Å²) in [4.78, 5) is 0. The molecule has 0 aromatic carbocycles. The van der Waals surface area contributed by atoms with Crippen molar-refractivity contribution in [1.82, 2.24) is 0 Å². The van der Waals surface area contributed by atoms with Crippen LogP contribution in [0.2, 0.25) is 0 Å². The Balaban J connectivity index is 3.80. The van der Waals surface area contributed by atoms with Crippen LogP contribution in [-0.2, 0) is 0 Å². The summed E-state index contributed by atoms with van der Waals surface area (Å²) in [6, 6.07) is 0. The smallest absolute Gasteiger partial charge is 0.101 e. The van der Waals surface area contributed by atoms with Gasteiger partial charge in [0.05, 0.1) is 6.10 Å². The van der Waals surface area contributed by atoms with E-state index >= 15 is 0 Å².